The number of carbonyl (C=O) groups is 1. The lowest BCUT2D eigenvalue weighted by atomic mass is 10.1. The Morgan fingerprint density at radius 1 is 1.21 bits per heavy atom. The molecule has 4 rings (SSSR count). The molecule has 2 aromatic heterocycles. The Kier molecular flexibility index (Phi) is 4.81. The SMILES string of the molecule is CCS(=O)(=O)Nc1ccc2c(-c3ccccc3)nn(-c3nc(C(=O)O)cs3)c2c1. The van der Waals surface area contributed by atoms with Gasteiger partial charge in [0.25, 0.3) is 0 Å². The molecule has 29 heavy (non-hydrogen) atoms. The molecular formula is C19H16N4O4S2. The molecule has 10 heteroatoms. The van der Waals surface area contributed by atoms with E-state index < -0.39 is 16.0 Å². The fraction of sp³-hybridized carbons (Fsp3) is 0.105. The highest BCUT2D eigenvalue weighted by molar-refractivity contribution is 7.92. The van der Waals surface area contributed by atoms with Gasteiger partial charge in [0.2, 0.25) is 15.2 Å². The molecule has 2 heterocycles. The van der Waals surface area contributed by atoms with Crippen molar-refractivity contribution >= 4 is 43.9 Å². The summed E-state index contributed by atoms with van der Waals surface area (Å²) in [7, 11) is -3.44. The second kappa shape index (κ2) is 7.30. The van der Waals surface area contributed by atoms with Crippen molar-refractivity contribution in [2.75, 3.05) is 10.5 Å². The van der Waals surface area contributed by atoms with Gasteiger partial charge in [-0.25, -0.2) is 22.9 Å². The van der Waals surface area contributed by atoms with Crippen LogP contribution < -0.4 is 4.72 Å². The van der Waals surface area contributed by atoms with Crippen molar-refractivity contribution in [2.24, 2.45) is 0 Å². The van der Waals surface area contributed by atoms with Crippen LogP contribution in [0.1, 0.15) is 17.4 Å². The summed E-state index contributed by atoms with van der Waals surface area (Å²) in [6.45, 7) is 1.56. The summed E-state index contributed by atoms with van der Waals surface area (Å²) in [5.41, 5.74) is 2.52. The number of hydrogen-bond donors (Lipinski definition) is 2. The molecule has 2 aromatic carbocycles. The number of hydrogen-bond acceptors (Lipinski definition) is 6. The van der Waals surface area contributed by atoms with Crippen LogP contribution in [-0.2, 0) is 10.0 Å². The van der Waals surface area contributed by atoms with Crippen molar-refractivity contribution in [2.45, 2.75) is 6.92 Å². The van der Waals surface area contributed by atoms with Crippen LogP contribution in [0.25, 0.3) is 27.3 Å². The van der Waals surface area contributed by atoms with Gasteiger partial charge in [-0.05, 0) is 25.1 Å². The molecule has 4 aromatic rings. The molecular weight excluding hydrogens is 412 g/mol. The van der Waals surface area contributed by atoms with Gasteiger partial charge < -0.3 is 5.11 Å². The Labute approximate surface area is 170 Å². The number of nitrogens with zero attached hydrogens (tertiary/aromatic N) is 3. The van der Waals surface area contributed by atoms with Gasteiger partial charge in [-0.15, -0.1) is 11.3 Å². The highest BCUT2D eigenvalue weighted by Crippen LogP contribution is 2.32. The van der Waals surface area contributed by atoms with Crippen molar-refractivity contribution in [1.82, 2.24) is 14.8 Å². The van der Waals surface area contributed by atoms with Crippen molar-refractivity contribution < 1.29 is 18.3 Å². The van der Waals surface area contributed by atoms with Crippen molar-refractivity contribution in [1.29, 1.82) is 0 Å². The molecule has 0 aliphatic heterocycles. The first-order valence-corrected chi connectivity index (χ1v) is 11.2. The number of carboxylic acid groups (broad SMARTS) is 1. The zero-order valence-corrected chi connectivity index (χ0v) is 16.9. The Morgan fingerprint density at radius 2 is 1.97 bits per heavy atom. The van der Waals surface area contributed by atoms with Gasteiger partial charge in [0.1, 0.15) is 5.69 Å². The number of carboxylic acids is 1. The number of fused-ring (bicyclic) bond motifs is 1. The third-order valence-corrected chi connectivity index (χ3v) is 6.40. The average molecular weight is 428 g/mol. The molecule has 0 aliphatic carbocycles. The lowest BCUT2D eigenvalue weighted by Crippen LogP contribution is -2.14. The molecule has 0 unspecified atom stereocenters. The number of aromatic carboxylic acids is 1. The molecule has 0 amide bonds. The van der Waals surface area contributed by atoms with E-state index >= 15 is 0 Å². The molecule has 0 fully saturated rings. The van der Waals surface area contributed by atoms with Gasteiger partial charge in [0.05, 0.1) is 17.0 Å². The molecule has 0 spiro atoms. The Balaban J connectivity index is 1.93. The van der Waals surface area contributed by atoms with Crippen LogP contribution in [0.5, 0.6) is 0 Å². The first-order chi connectivity index (χ1) is 13.9. The molecule has 0 bridgehead atoms. The molecule has 0 radical (unpaired) electrons. The minimum absolute atomic E-state index is 0.0476. The fourth-order valence-corrected chi connectivity index (χ4v) is 4.24. The normalized spacial score (nSPS) is 11.6. The minimum atomic E-state index is -3.44. The number of thiazole rings is 1. The maximum atomic E-state index is 12.0. The summed E-state index contributed by atoms with van der Waals surface area (Å²) in [6, 6.07) is 14.7. The Hall–Kier alpha value is -3.24. The van der Waals surface area contributed by atoms with Gasteiger partial charge in [0, 0.05) is 16.3 Å². The van der Waals surface area contributed by atoms with Crippen molar-refractivity contribution in [3.8, 4) is 16.4 Å². The summed E-state index contributed by atoms with van der Waals surface area (Å²) >= 11 is 1.15. The van der Waals surface area contributed by atoms with E-state index in [0.29, 0.717) is 22.0 Å². The number of nitrogens with one attached hydrogen (secondary N) is 1. The summed E-state index contributed by atoms with van der Waals surface area (Å²) in [4.78, 5) is 15.4. The van der Waals surface area contributed by atoms with Gasteiger partial charge in [-0.1, -0.05) is 30.3 Å². The lowest BCUT2D eigenvalue weighted by molar-refractivity contribution is 0.0691. The number of sulfonamides is 1. The first kappa shape index (κ1) is 19.1. The van der Waals surface area contributed by atoms with E-state index in [1.54, 1.807) is 29.8 Å². The summed E-state index contributed by atoms with van der Waals surface area (Å²) < 4.78 is 28.0. The molecule has 8 nitrogen and oxygen atoms in total. The van der Waals surface area contributed by atoms with Crippen LogP contribution >= 0.6 is 11.3 Å². The van der Waals surface area contributed by atoms with Crippen molar-refractivity contribution in [3.63, 3.8) is 0 Å². The molecule has 148 valence electrons. The summed E-state index contributed by atoms with van der Waals surface area (Å²) in [5, 5.41) is 16.4. The van der Waals surface area contributed by atoms with E-state index in [0.717, 1.165) is 22.3 Å². The van der Waals surface area contributed by atoms with Gasteiger partial charge in [-0.3, -0.25) is 4.72 Å². The third kappa shape index (κ3) is 3.71. The standard InChI is InChI=1S/C19H16N4O4S2/c1-2-29(26,27)22-13-8-9-14-16(10-13)23(19-20-15(11-28-19)18(24)25)21-17(14)12-6-4-3-5-7-12/h3-11,22H,2H2,1H3,(H,24,25). The zero-order chi connectivity index (χ0) is 20.6. The smallest absolute Gasteiger partial charge is 0.355 e. The maximum absolute atomic E-state index is 12.0. The van der Waals surface area contributed by atoms with Crippen LogP contribution in [0.15, 0.2) is 53.9 Å². The topological polar surface area (TPSA) is 114 Å². The van der Waals surface area contributed by atoms with Crippen molar-refractivity contribution in [3.05, 3.63) is 59.6 Å². The van der Waals surface area contributed by atoms with Gasteiger partial charge in [0.15, 0.2) is 5.69 Å². The fourth-order valence-electron chi connectivity index (χ4n) is 2.84. The quantitative estimate of drug-likeness (QED) is 0.485. The highest BCUT2D eigenvalue weighted by atomic mass is 32.2. The number of aromatic nitrogens is 3. The predicted octanol–water partition coefficient (Wildman–Crippen LogP) is 3.61. The maximum Gasteiger partial charge on any atom is 0.355 e. The second-order valence-electron chi connectivity index (χ2n) is 6.18. The van der Waals surface area contributed by atoms with Crippen LogP contribution in [0.4, 0.5) is 5.69 Å². The van der Waals surface area contributed by atoms with E-state index in [-0.39, 0.29) is 11.4 Å². The highest BCUT2D eigenvalue weighted by Gasteiger charge is 2.18. The minimum Gasteiger partial charge on any atom is -0.476 e. The van der Waals surface area contributed by atoms with E-state index in [9.17, 15) is 18.3 Å². The van der Waals surface area contributed by atoms with Crippen LogP contribution in [0.2, 0.25) is 0 Å². The largest absolute Gasteiger partial charge is 0.476 e. The first-order valence-electron chi connectivity index (χ1n) is 8.66. The molecule has 0 atom stereocenters. The van der Waals surface area contributed by atoms with Gasteiger partial charge in [-0.2, -0.15) is 5.10 Å². The zero-order valence-electron chi connectivity index (χ0n) is 15.2. The Morgan fingerprint density at radius 3 is 2.62 bits per heavy atom. The summed E-state index contributed by atoms with van der Waals surface area (Å²) in [5.74, 6) is -1.17. The van der Waals surface area contributed by atoms with E-state index in [1.807, 2.05) is 30.3 Å². The second-order valence-corrected chi connectivity index (χ2v) is 9.03. The van der Waals surface area contributed by atoms with Crippen LogP contribution in [0.3, 0.4) is 0 Å². The monoisotopic (exact) mass is 428 g/mol. The van der Waals surface area contributed by atoms with Gasteiger partial charge >= 0.3 is 5.97 Å². The summed E-state index contributed by atoms with van der Waals surface area (Å²) in [6.07, 6.45) is 0. The number of rotatable bonds is 6. The molecule has 0 aliphatic rings. The van der Waals surface area contributed by atoms with Crippen LogP contribution in [-0.4, -0.2) is 40.0 Å². The average Bonchev–Trinajstić information content (AvgIpc) is 3.33. The molecule has 0 saturated heterocycles. The number of anilines is 1. The Bertz CT molecular complexity index is 1310. The van der Waals surface area contributed by atoms with Crippen LogP contribution in [0, 0.1) is 0 Å². The predicted molar refractivity (Wildman–Crippen MR) is 112 cm³/mol. The third-order valence-electron chi connectivity index (χ3n) is 4.27. The van der Waals surface area contributed by atoms with E-state index in [2.05, 4.69) is 14.8 Å². The lowest BCUT2D eigenvalue weighted by Gasteiger charge is -2.06. The molecule has 2 N–H and O–H groups in total. The molecule has 0 saturated carbocycles. The van der Waals surface area contributed by atoms with E-state index in [4.69, 9.17) is 0 Å². The number of benzene rings is 2. The van der Waals surface area contributed by atoms with E-state index in [1.165, 1.54) is 5.38 Å².